The van der Waals surface area contributed by atoms with Gasteiger partial charge in [-0.1, -0.05) is 0 Å². The summed E-state index contributed by atoms with van der Waals surface area (Å²) in [5, 5.41) is 0. The Hall–Kier alpha value is -1.11. The molecule has 1 aliphatic heterocycles. The summed E-state index contributed by atoms with van der Waals surface area (Å²) in [4.78, 5) is 0.332. The average Bonchev–Trinajstić information content (AvgIpc) is 2.70. The molecular weight excluding hydrogens is 276 g/mol. The van der Waals surface area contributed by atoms with E-state index >= 15 is 0 Å². The third kappa shape index (κ3) is 3.13. The fourth-order valence-corrected chi connectivity index (χ4v) is 4.28. The molecule has 2 atom stereocenters. The molecule has 1 saturated heterocycles. The van der Waals surface area contributed by atoms with Gasteiger partial charge in [-0.25, -0.2) is 13.1 Å². The number of hydrogen-bond acceptors (Lipinski definition) is 4. The van der Waals surface area contributed by atoms with Gasteiger partial charge < -0.3 is 10.5 Å². The van der Waals surface area contributed by atoms with Gasteiger partial charge in [-0.3, -0.25) is 0 Å². The predicted molar refractivity (Wildman–Crippen MR) is 79.0 cm³/mol. The molecule has 5 nitrogen and oxygen atoms in total. The first kappa shape index (κ1) is 15.3. The molecular formula is C14H22N2O3S. The molecule has 0 amide bonds. The molecule has 1 heterocycles. The second-order valence-corrected chi connectivity index (χ2v) is 7.16. The Labute approximate surface area is 120 Å². The first-order valence-corrected chi connectivity index (χ1v) is 8.27. The number of ether oxygens (including phenoxy) is 1. The molecule has 0 saturated carbocycles. The SMILES string of the molecule is Cc1cc(N)cc(C)c1S(=O)(=O)NCC1CCOC1C. The van der Waals surface area contributed by atoms with E-state index in [0.29, 0.717) is 34.9 Å². The number of benzene rings is 1. The van der Waals surface area contributed by atoms with E-state index in [-0.39, 0.29) is 12.0 Å². The number of anilines is 1. The molecule has 20 heavy (non-hydrogen) atoms. The van der Waals surface area contributed by atoms with Crippen molar-refractivity contribution < 1.29 is 13.2 Å². The van der Waals surface area contributed by atoms with Gasteiger partial charge in [0.15, 0.2) is 0 Å². The molecule has 2 unspecified atom stereocenters. The molecule has 112 valence electrons. The summed E-state index contributed by atoms with van der Waals surface area (Å²) in [6.07, 6.45) is 0.995. The lowest BCUT2D eigenvalue weighted by Gasteiger charge is -2.17. The lowest BCUT2D eigenvalue weighted by molar-refractivity contribution is 0.107. The van der Waals surface area contributed by atoms with Crippen molar-refractivity contribution in [3.05, 3.63) is 23.3 Å². The van der Waals surface area contributed by atoms with Gasteiger partial charge in [0.25, 0.3) is 0 Å². The van der Waals surface area contributed by atoms with Crippen LogP contribution in [0.15, 0.2) is 17.0 Å². The van der Waals surface area contributed by atoms with E-state index in [0.717, 1.165) is 6.42 Å². The fraction of sp³-hybridized carbons (Fsp3) is 0.571. The fourth-order valence-electron chi connectivity index (χ4n) is 2.74. The standard InChI is InChI=1S/C14H22N2O3S/c1-9-6-13(15)7-10(2)14(9)20(17,18)16-8-12-4-5-19-11(12)3/h6-7,11-12,16H,4-5,8,15H2,1-3H3. The lowest BCUT2D eigenvalue weighted by Crippen LogP contribution is -2.32. The van der Waals surface area contributed by atoms with E-state index in [9.17, 15) is 8.42 Å². The second kappa shape index (κ2) is 5.71. The van der Waals surface area contributed by atoms with Crippen LogP contribution in [0.1, 0.15) is 24.5 Å². The number of nitrogen functional groups attached to an aromatic ring is 1. The van der Waals surface area contributed by atoms with E-state index < -0.39 is 10.0 Å². The minimum absolute atomic E-state index is 0.103. The maximum atomic E-state index is 12.5. The average molecular weight is 298 g/mol. The molecule has 1 aromatic carbocycles. The van der Waals surface area contributed by atoms with E-state index in [1.54, 1.807) is 26.0 Å². The monoisotopic (exact) mass is 298 g/mol. The Balaban J connectivity index is 2.18. The number of sulfonamides is 1. The van der Waals surface area contributed by atoms with Gasteiger partial charge in [-0.05, 0) is 50.5 Å². The van der Waals surface area contributed by atoms with Crippen LogP contribution in [0, 0.1) is 19.8 Å². The number of rotatable bonds is 4. The summed E-state index contributed by atoms with van der Waals surface area (Å²) in [6, 6.07) is 3.37. The van der Waals surface area contributed by atoms with Gasteiger partial charge in [-0.2, -0.15) is 0 Å². The van der Waals surface area contributed by atoms with E-state index in [2.05, 4.69) is 4.72 Å². The highest BCUT2D eigenvalue weighted by Crippen LogP contribution is 2.24. The van der Waals surface area contributed by atoms with Crippen LogP contribution >= 0.6 is 0 Å². The highest BCUT2D eigenvalue weighted by Gasteiger charge is 2.27. The molecule has 6 heteroatoms. The van der Waals surface area contributed by atoms with Crippen LogP contribution in [-0.4, -0.2) is 27.7 Å². The Bertz CT molecular complexity index is 575. The minimum atomic E-state index is -3.51. The van der Waals surface area contributed by atoms with Crippen LogP contribution in [0.25, 0.3) is 0 Å². The van der Waals surface area contributed by atoms with Gasteiger partial charge in [0.1, 0.15) is 0 Å². The van der Waals surface area contributed by atoms with Crippen molar-refractivity contribution in [2.45, 2.75) is 38.2 Å². The van der Waals surface area contributed by atoms with E-state index in [4.69, 9.17) is 10.5 Å². The summed E-state index contributed by atoms with van der Waals surface area (Å²) >= 11 is 0. The Morgan fingerprint density at radius 1 is 1.35 bits per heavy atom. The van der Waals surface area contributed by atoms with E-state index in [1.165, 1.54) is 0 Å². The Kier molecular flexibility index (Phi) is 4.36. The molecule has 3 N–H and O–H groups in total. The van der Waals surface area contributed by atoms with Crippen LogP contribution in [-0.2, 0) is 14.8 Å². The minimum Gasteiger partial charge on any atom is -0.399 e. The number of nitrogens with two attached hydrogens (primary N) is 1. The highest BCUT2D eigenvalue weighted by molar-refractivity contribution is 7.89. The highest BCUT2D eigenvalue weighted by atomic mass is 32.2. The number of nitrogens with one attached hydrogen (secondary N) is 1. The normalized spacial score (nSPS) is 23.1. The van der Waals surface area contributed by atoms with Crippen LogP contribution in [0.5, 0.6) is 0 Å². The largest absolute Gasteiger partial charge is 0.399 e. The Morgan fingerprint density at radius 3 is 2.45 bits per heavy atom. The lowest BCUT2D eigenvalue weighted by atomic mass is 10.0. The van der Waals surface area contributed by atoms with Crippen molar-refractivity contribution >= 4 is 15.7 Å². The summed E-state index contributed by atoms with van der Waals surface area (Å²) in [5.41, 5.74) is 7.66. The first-order chi connectivity index (χ1) is 9.31. The smallest absolute Gasteiger partial charge is 0.241 e. The zero-order valence-corrected chi connectivity index (χ0v) is 13.0. The van der Waals surface area contributed by atoms with Gasteiger partial charge in [0.2, 0.25) is 10.0 Å². The molecule has 0 spiro atoms. The third-order valence-electron chi connectivity index (χ3n) is 3.82. The Morgan fingerprint density at radius 2 is 1.95 bits per heavy atom. The van der Waals surface area contributed by atoms with Crippen LogP contribution in [0.3, 0.4) is 0 Å². The second-order valence-electron chi connectivity index (χ2n) is 5.46. The molecule has 0 bridgehead atoms. The van der Waals surface area contributed by atoms with Gasteiger partial charge in [0, 0.05) is 24.8 Å². The quantitative estimate of drug-likeness (QED) is 0.827. The van der Waals surface area contributed by atoms with Crippen molar-refractivity contribution in [1.82, 2.24) is 4.72 Å². The summed E-state index contributed by atoms with van der Waals surface area (Å²) < 4.78 is 33.1. The summed E-state index contributed by atoms with van der Waals surface area (Å²) in [6.45, 7) is 6.62. The van der Waals surface area contributed by atoms with Crippen LogP contribution in [0.4, 0.5) is 5.69 Å². The topological polar surface area (TPSA) is 81.4 Å². The maximum Gasteiger partial charge on any atom is 0.241 e. The molecule has 1 fully saturated rings. The van der Waals surface area contributed by atoms with E-state index in [1.807, 2.05) is 6.92 Å². The zero-order chi connectivity index (χ0) is 14.9. The van der Waals surface area contributed by atoms with Crippen LogP contribution < -0.4 is 10.5 Å². The maximum absolute atomic E-state index is 12.5. The molecule has 0 aliphatic carbocycles. The van der Waals surface area contributed by atoms with Gasteiger partial charge in [0.05, 0.1) is 11.0 Å². The van der Waals surface area contributed by atoms with Crippen molar-refractivity contribution in [2.24, 2.45) is 5.92 Å². The molecule has 1 aliphatic rings. The molecule has 0 radical (unpaired) electrons. The zero-order valence-electron chi connectivity index (χ0n) is 12.1. The molecule has 2 rings (SSSR count). The third-order valence-corrected chi connectivity index (χ3v) is 5.55. The summed E-state index contributed by atoms with van der Waals surface area (Å²) in [7, 11) is -3.51. The predicted octanol–water partition coefficient (Wildman–Crippen LogP) is 1.59. The number of aryl methyl sites for hydroxylation is 2. The van der Waals surface area contributed by atoms with Crippen molar-refractivity contribution in [1.29, 1.82) is 0 Å². The van der Waals surface area contributed by atoms with Crippen molar-refractivity contribution in [3.63, 3.8) is 0 Å². The number of hydrogen-bond donors (Lipinski definition) is 2. The first-order valence-electron chi connectivity index (χ1n) is 6.79. The van der Waals surface area contributed by atoms with Gasteiger partial charge >= 0.3 is 0 Å². The molecule has 0 aromatic heterocycles. The summed E-state index contributed by atoms with van der Waals surface area (Å²) in [5.74, 6) is 0.235. The van der Waals surface area contributed by atoms with Crippen molar-refractivity contribution in [2.75, 3.05) is 18.9 Å². The molecule has 1 aromatic rings. The van der Waals surface area contributed by atoms with Crippen molar-refractivity contribution in [3.8, 4) is 0 Å². The van der Waals surface area contributed by atoms with Gasteiger partial charge in [-0.15, -0.1) is 0 Å². The van der Waals surface area contributed by atoms with Crippen LogP contribution in [0.2, 0.25) is 0 Å².